The van der Waals surface area contributed by atoms with Crippen molar-refractivity contribution in [3.63, 3.8) is 0 Å². The van der Waals surface area contributed by atoms with Crippen molar-refractivity contribution in [3.8, 4) is 0 Å². The summed E-state index contributed by atoms with van der Waals surface area (Å²) in [5.74, 6) is -0.329. The van der Waals surface area contributed by atoms with Gasteiger partial charge in [-0.3, -0.25) is 9.59 Å². The Kier molecular flexibility index (Phi) is 5.20. The molecule has 1 saturated heterocycles. The van der Waals surface area contributed by atoms with E-state index in [2.05, 4.69) is 0 Å². The van der Waals surface area contributed by atoms with Gasteiger partial charge in [0.15, 0.2) is 0 Å². The molecule has 114 valence electrons. The van der Waals surface area contributed by atoms with E-state index in [4.69, 9.17) is 17.3 Å². The molecular weight excluding hydrogens is 290 g/mol. The lowest BCUT2D eigenvalue weighted by atomic mass is 10.1. The van der Waals surface area contributed by atoms with E-state index in [-0.39, 0.29) is 24.3 Å². The molecule has 2 rings (SSSR count). The van der Waals surface area contributed by atoms with Crippen molar-refractivity contribution in [2.24, 2.45) is 11.7 Å². The molecule has 0 spiro atoms. The Balaban J connectivity index is 1.95. The number of hydrogen-bond donors (Lipinski definition) is 1. The number of hydrogen-bond acceptors (Lipinski definition) is 3. The lowest BCUT2D eigenvalue weighted by Crippen LogP contribution is -2.53. The number of rotatable bonds is 4. The Labute approximate surface area is 129 Å². The summed E-state index contributed by atoms with van der Waals surface area (Å²) in [5, 5.41) is 0.658. The number of nitrogens with zero attached hydrogens (tertiary/aromatic N) is 2. The Bertz CT molecular complexity index is 535. The van der Waals surface area contributed by atoms with E-state index in [1.165, 1.54) is 0 Å². The fourth-order valence-corrected chi connectivity index (χ4v) is 2.54. The van der Waals surface area contributed by atoms with Gasteiger partial charge in [0.05, 0.1) is 6.54 Å². The van der Waals surface area contributed by atoms with Crippen LogP contribution in [0.3, 0.4) is 0 Å². The molecule has 1 unspecified atom stereocenters. The Morgan fingerprint density at radius 3 is 2.81 bits per heavy atom. The predicted molar refractivity (Wildman–Crippen MR) is 81.7 cm³/mol. The smallest absolute Gasteiger partial charge is 0.242 e. The third-order valence-electron chi connectivity index (χ3n) is 3.67. The largest absolute Gasteiger partial charge is 0.335 e. The minimum absolute atomic E-state index is 0.0428. The van der Waals surface area contributed by atoms with E-state index in [0.29, 0.717) is 31.2 Å². The maximum absolute atomic E-state index is 12.2. The molecule has 1 aromatic carbocycles. The van der Waals surface area contributed by atoms with Crippen LogP contribution in [0.25, 0.3) is 0 Å². The number of piperazine rings is 1. The van der Waals surface area contributed by atoms with Gasteiger partial charge in [0.2, 0.25) is 11.8 Å². The van der Waals surface area contributed by atoms with Crippen LogP contribution < -0.4 is 5.73 Å². The third-order valence-corrected chi connectivity index (χ3v) is 3.90. The van der Waals surface area contributed by atoms with Crippen molar-refractivity contribution in [2.45, 2.75) is 13.5 Å². The van der Waals surface area contributed by atoms with Crippen LogP contribution >= 0.6 is 11.6 Å². The number of halogens is 1. The molecule has 5 nitrogen and oxygen atoms in total. The molecule has 0 aromatic heterocycles. The summed E-state index contributed by atoms with van der Waals surface area (Å²) in [6.45, 7) is 3.82. The highest BCUT2D eigenvalue weighted by atomic mass is 35.5. The first-order chi connectivity index (χ1) is 10.0. The van der Waals surface area contributed by atoms with Gasteiger partial charge in [-0.15, -0.1) is 0 Å². The topological polar surface area (TPSA) is 66.6 Å². The van der Waals surface area contributed by atoms with Crippen LogP contribution in [0, 0.1) is 5.92 Å². The average Bonchev–Trinajstić information content (AvgIpc) is 2.48. The molecule has 1 heterocycles. The molecule has 1 atom stereocenters. The van der Waals surface area contributed by atoms with E-state index in [9.17, 15) is 9.59 Å². The monoisotopic (exact) mass is 309 g/mol. The number of carbonyl (C=O) groups is 2. The van der Waals surface area contributed by atoms with Crippen molar-refractivity contribution in [2.75, 3.05) is 26.2 Å². The molecule has 6 heteroatoms. The van der Waals surface area contributed by atoms with E-state index in [1.54, 1.807) is 22.8 Å². The van der Waals surface area contributed by atoms with Crippen LogP contribution in [0.5, 0.6) is 0 Å². The van der Waals surface area contributed by atoms with Gasteiger partial charge in [0, 0.05) is 37.1 Å². The summed E-state index contributed by atoms with van der Waals surface area (Å²) in [6.07, 6.45) is 0. The van der Waals surface area contributed by atoms with Gasteiger partial charge in [-0.2, -0.15) is 0 Å². The molecule has 2 amide bonds. The summed E-state index contributed by atoms with van der Waals surface area (Å²) in [6, 6.07) is 7.46. The molecule has 1 aliphatic heterocycles. The number of nitrogens with two attached hydrogens (primary N) is 1. The van der Waals surface area contributed by atoms with Crippen molar-refractivity contribution >= 4 is 23.4 Å². The maximum atomic E-state index is 12.2. The van der Waals surface area contributed by atoms with E-state index in [1.807, 2.05) is 18.2 Å². The first-order valence-corrected chi connectivity index (χ1v) is 7.40. The van der Waals surface area contributed by atoms with Gasteiger partial charge in [-0.1, -0.05) is 30.7 Å². The zero-order chi connectivity index (χ0) is 15.4. The molecule has 21 heavy (non-hydrogen) atoms. The Hall–Kier alpha value is -1.59. The molecule has 0 aliphatic carbocycles. The molecule has 1 aromatic rings. The molecule has 1 fully saturated rings. The molecule has 1 aliphatic rings. The number of benzene rings is 1. The Morgan fingerprint density at radius 1 is 1.43 bits per heavy atom. The molecule has 0 bridgehead atoms. The van der Waals surface area contributed by atoms with Gasteiger partial charge >= 0.3 is 0 Å². The van der Waals surface area contributed by atoms with Crippen LogP contribution in [0.4, 0.5) is 0 Å². The fourth-order valence-electron chi connectivity index (χ4n) is 2.33. The summed E-state index contributed by atoms with van der Waals surface area (Å²) in [4.78, 5) is 27.6. The standard InChI is InChI=1S/C15H20ClN3O2/c1-11(8-17)15(21)19-6-5-18(14(20)10-19)9-12-3-2-4-13(16)7-12/h2-4,7,11H,5-6,8-10,17H2,1H3. The Morgan fingerprint density at radius 2 is 2.19 bits per heavy atom. The molecule has 0 saturated carbocycles. The van der Waals surface area contributed by atoms with Crippen molar-refractivity contribution < 1.29 is 9.59 Å². The zero-order valence-corrected chi connectivity index (χ0v) is 12.8. The fraction of sp³-hybridized carbons (Fsp3) is 0.467. The summed E-state index contributed by atoms with van der Waals surface area (Å²) >= 11 is 5.95. The first kappa shape index (κ1) is 15.8. The highest BCUT2D eigenvalue weighted by Gasteiger charge is 2.28. The van der Waals surface area contributed by atoms with Crippen molar-refractivity contribution in [3.05, 3.63) is 34.9 Å². The quantitative estimate of drug-likeness (QED) is 0.906. The van der Waals surface area contributed by atoms with Gasteiger partial charge in [0.1, 0.15) is 0 Å². The first-order valence-electron chi connectivity index (χ1n) is 7.02. The highest BCUT2D eigenvalue weighted by Crippen LogP contribution is 2.15. The predicted octanol–water partition coefficient (Wildman–Crippen LogP) is 1.11. The lowest BCUT2D eigenvalue weighted by molar-refractivity contribution is -0.147. The normalized spacial score (nSPS) is 17.0. The van der Waals surface area contributed by atoms with Crippen molar-refractivity contribution in [1.82, 2.24) is 9.80 Å². The summed E-state index contributed by atoms with van der Waals surface area (Å²) < 4.78 is 0. The van der Waals surface area contributed by atoms with Crippen LogP contribution in [0.2, 0.25) is 5.02 Å². The van der Waals surface area contributed by atoms with Crippen LogP contribution in [-0.4, -0.2) is 47.8 Å². The second kappa shape index (κ2) is 6.91. The number of amides is 2. The maximum Gasteiger partial charge on any atom is 0.242 e. The van der Waals surface area contributed by atoms with Gasteiger partial charge in [-0.25, -0.2) is 0 Å². The highest BCUT2D eigenvalue weighted by molar-refractivity contribution is 6.30. The minimum Gasteiger partial charge on any atom is -0.335 e. The minimum atomic E-state index is -0.239. The average molecular weight is 310 g/mol. The van der Waals surface area contributed by atoms with Gasteiger partial charge in [0.25, 0.3) is 0 Å². The summed E-state index contributed by atoms with van der Waals surface area (Å²) in [7, 11) is 0. The second-order valence-corrected chi connectivity index (χ2v) is 5.78. The van der Waals surface area contributed by atoms with E-state index < -0.39 is 0 Å². The third kappa shape index (κ3) is 3.95. The van der Waals surface area contributed by atoms with Crippen LogP contribution in [0.15, 0.2) is 24.3 Å². The van der Waals surface area contributed by atoms with Crippen molar-refractivity contribution in [1.29, 1.82) is 0 Å². The van der Waals surface area contributed by atoms with Gasteiger partial charge < -0.3 is 15.5 Å². The summed E-state index contributed by atoms with van der Waals surface area (Å²) in [5.41, 5.74) is 6.49. The van der Waals surface area contributed by atoms with E-state index in [0.717, 1.165) is 5.56 Å². The second-order valence-electron chi connectivity index (χ2n) is 5.34. The van der Waals surface area contributed by atoms with Crippen LogP contribution in [-0.2, 0) is 16.1 Å². The number of carbonyl (C=O) groups excluding carboxylic acids is 2. The van der Waals surface area contributed by atoms with E-state index >= 15 is 0 Å². The van der Waals surface area contributed by atoms with Gasteiger partial charge in [-0.05, 0) is 17.7 Å². The molecule has 2 N–H and O–H groups in total. The molecule has 0 radical (unpaired) electrons. The van der Waals surface area contributed by atoms with Crippen LogP contribution in [0.1, 0.15) is 12.5 Å². The molecular formula is C15H20ClN3O2. The SMILES string of the molecule is CC(CN)C(=O)N1CCN(Cc2cccc(Cl)c2)C(=O)C1. The lowest BCUT2D eigenvalue weighted by Gasteiger charge is -2.35. The zero-order valence-electron chi connectivity index (χ0n) is 12.1.